The average Bonchev–Trinajstić information content (AvgIpc) is 3.24. The molecule has 0 saturated heterocycles. The molecule has 0 aromatic carbocycles. The first-order valence-electron chi connectivity index (χ1n) is 7.58. The van der Waals surface area contributed by atoms with Gasteiger partial charge in [-0.15, -0.1) is 11.3 Å². The van der Waals surface area contributed by atoms with Crippen LogP contribution in [-0.4, -0.2) is 28.0 Å². The van der Waals surface area contributed by atoms with Gasteiger partial charge in [0.1, 0.15) is 10.7 Å². The molecule has 0 unspecified atom stereocenters. The van der Waals surface area contributed by atoms with Crippen molar-refractivity contribution in [3.8, 4) is 0 Å². The zero-order valence-corrected chi connectivity index (χ0v) is 13.8. The van der Waals surface area contributed by atoms with E-state index < -0.39 is 0 Å². The van der Waals surface area contributed by atoms with Crippen LogP contribution in [-0.2, 0) is 6.54 Å². The number of nitrogens with two attached hydrogens (primary N) is 1. The number of anilines is 1. The van der Waals surface area contributed by atoms with Gasteiger partial charge in [-0.05, 0) is 44.7 Å². The maximum Gasteiger partial charge on any atom is 0.152 e. The van der Waals surface area contributed by atoms with E-state index >= 15 is 0 Å². The van der Waals surface area contributed by atoms with Crippen LogP contribution in [0.4, 0.5) is 5.82 Å². The van der Waals surface area contributed by atoms with E-state index in [1.165, 1.54) is 23.3 Å². The second kappa shape index (κ2) is 5.87. The summed E-state index contributed by atoms with van der Waals surface area (Å²) in [6, 6.07) is 0. The number of hydrogen-bond donors (Lipinski definition) is 2. The predicted octanol–water partition coefficient (Wildman–Crippen LogP) is 2.83. The summed E-state index contributed by atoms with van der Waals surface area (Å²) in [5, 5.41) is 1.06. The van der Waals surface area contributed by atoms with Crippen molar-refractivity contribution in [3.63, 3.8) is 0 Å². The van der Waals surface area contributed by atoms with Gasteiger partial charge in [-0.2, -0.15) is 0 Å². The van der Waals surface area contributed by atoms with E-state index in [1.54, 1.807) is 11.3 Å². The van der Waals surface area contributed by atoms with Crippen molar-refractivity contribution in [1.82, 2.24) is 14.9 Å². The molecule has 0 spiro atoms. The second-order valence-electron chi connectivity index (χ2n) is 5.87. The molecule has 3 rings (SSSR count). The lowest BCUT2D eigenvalue weighted by Crippen LogP contribution is -2.26. The minimum absolute atomic E-state index is 0.749. The molecule has 6 heteroatoms. The Balaban J connectivity index is 1.91. The molecule has 0 bridgehead atoms. The summed E-state index contributed by atoms with van der Waals surface area (Å²) in [5.74, 6) is 8.16. The Morgan fingerprint density at radius 3 is 2.71 bits per heavy atom. The van der Waals surface area contributed by atoms with Gasteiger partial charge in [-0.25, -0.2) is 15.8 Å². The van der Waals surface area contributed by atoms with E-state index in [2.05, 4.69) is 36.1 Å². The molecule has 5 nitrogen and oxygen atoms in total. The normalized spacial score (nSPS) is 15.1. The van der Waals surface area contributed by atoms with Gasteiger partial charge in [0.25, 0.3) is 0 Å². The van der Waals surface area contributed by atoms with Crippen LogP contribution in [0.25, 0.3) is 10.2 Å². The molecule has 2 aromatic rings. The number of fused-ring (bicyclic) bond motifs is 1. The Morgan fingerprint density at radius 1 is 1.33 bits per heavy atom. The van der Waals surface area contributed by atoms with Crippen LogP contribution in [0.5, 0.6) is 0 Å². The number of hydrogen-bond acceptors (Lipinski definition) is 6. The van der Waals surface area contributed by atoms with E-state index in [0.717, 1.165) is 47.4 Å². The highest BCUT2D eigenvalue weighted by Crippen LogP contribution is 2.33. The maximum absolute atomic E-state index is 5.67. The van der Waals surface area contributed by atoms with Crippen LogP contribution in [0.15, 0.2) is 0 Å². The zero-order chi connectivity index (χ0) is 15.0. The number of aryl methyl sites for hydroxylation is 2. The molecule has 1 saturated carbocycles. The third-order valence-corrected chi connectivity index (χ3v) is 5.34. The summed E-state index contributed by atoms with van der Waals surface area (Å²) < 4.78 is 0. The summed E-state index contributed by atoms with van der Waals surface area (Å²) in [6.07, 6.45) is 2.74. The second-order valence-corrected chi connectivity index (χ2v) is 7.07. The van der Waals surface area contributed by atoms with Gasteiger partial charge >= 0.3 is 0 Å². The average molecular weight is 305 g/mol. The molecule has 1 aliphatic carbocycles. The van der Waals surface area contributed by atoms with Gasteiger partial charge < -0.3 is 5.43 Å². The van der Waals surface area contributed by atoms with Crippen molar-refractivity contribution < 1.29 is 0 Å². The largest absolute Gasteiger partial charge is 0.308 e. The molecular weight excluding hydrogens is 282 g/mol. The van der Waals surface area contributed by atoms with Crippen molar-refractivity contribution in [2.45, 2.75) is 40.2 Å². The molecule has 0 radical (unpaired) electrons. The fourth-order valence-electron chi connectivity index (χ4n) is 2.64. The predicted molar refractivity (Wildman–Crippen MR) is 88.4 cm³/mol. The smallest absolute Gasteiger partial charge is 0.152 e. The first kappa shape index (κ1) is 14.7. The van der Waals surface area contributed by atoms with Crippen LogP contribution in [0.2, 0.25) is 0 Å². The molecule has 3 N–H and O–H groups in total. The zero-order valence-electron chi connectivity index (χ0n) is 12.9. The minimum Gasteiger partial charge on any atom is -0.308 e. The Kier molecular flexibility index (Phi) is 4.10. The third kappa shape index (κ3) is 3.02. The highest BCUT2D eigenvalue weighted by molar-refractivity contribution is 7.18. The van der Waals surface area contributed by atoms with Crippen molar-refractivity contribution >= 4 is 27.4 Å². The Labute approximate surface area is 129 Å². The summed E-state index contributed by atoms with van der Waals surface area (Å²) in [4.78, 5) is 14.1. The maximum atomic E-state index is 5.67. The standard InChI is InChI=1S/C15H23N5S/c1-4-20(7-11-5-6-11)8-12-17-14(19-16)13-9(2)10(3)21-15(13)18-12/h11H,4-8,16H2,1-3H3,(H,17,18,19). The van der Waals surface area contributed by atoms with E-state index in [9.17, 15) is 0 Å². The lowest BCUT2D eigenvalue weighted by atomic mass is 10.2. The molecule has 21 heavy (non-hydrogen) atoms. The van der Waals surface area contributed by atoms with E-state index in [0.29, 0.717) is 0 Å². The molecule has 1 fully saturated rings. The lowest BCUT2D eigenvalue weighted by Gasteiger charge is -2.19. The van der Waals surface area contributed by atoms with Gasteiger partial charge in [-0.3, -0.25) is 4.90 Å². The van der Waals surface area contributed by atoms with E-state index in [-0.39, 0.29) is 0 Å². The first-order chi connectivity index (χ1) is 10.1. The van der Waals surface area contributed by atoms with Gasteiger partial charge in [-0.1, -0.05) is 6.92 Å². The van der Waals surface area contributed by atoms with Gasteiger partial charge in [0, 0.05) is 11.4 Å². The fraction of sp³-hybridized carbons (Fsp3) is 0.600. The lowest BCUT2D eigenvalue weighted by molar-refractivity contribution is 0.262. The van der Waals surface area contributed by atoms with Gasteiger partial charge in [0.2, 0.25) is 0 Å². The number of aromatic nitrogens is 2. The monoisotopic (exact) mass is 305 g/mol. The van der Waals surface area contributed by atoms with Crippen LogP contribution in [0.1, 0.15) is 36.0 Å². The molecule has 2 aromatic heterocycles. The van der Waals surface area contributed by atoms with Crippen molar-refractivity contribution in [3.05, 3.63) is 16.3 Å². The number of hydrazine groups is 1. The highest BCUT2D eigenvalue weighted by Gasteiger charge is 2.24. The summed E-state index contributed by atoms with van der Waals surface area (Å²) in [6.45, 7) is 9.41. The molecular formula is C15H23N5S. The van der Waals surface area contributed by atoms with Crippen LogP contribution in [0.3, 0.4) is 0 Å². The highest BCUT2D eigenvalue weighted by atomic mass is 32.1. The van der Waals surface area contributed by atoms with E-state index in [1.807, 2.05) is 0 Å². The molecule has 114 valence electrons. The fourth-order valence-corrected chi connectivity index (χ4v) is 3.69. The minimum atomic E-state index is 0.749. The quantitative estimate of drug-likeness (QED) is 0.634. The SMILES string of the molecule is CCN(Cc1nc(NN)c2c(C)c(C)sc2n1)CC1CC1. The molecule has 0 aliphatic heterocycles. The Hall–Kier alpha value is -1.24. The summed E-state index contributed by atoms with van der Waals surface area (Å²) >= 11 is 1.72. The number of nitrogen functional groups attached to an aromatic ring is 1. The number of nitrogens with one attached hydrogen (secondary N) is 1. The van der Waals surface area contributed by atoms with Crippen molar-refractivity contribution in [2.24, 2.45) is 11.8 Å². The van der Waals surface area contributed by atoms with Crippen LogP contribution < -0.4 is 11.3 Å². The van der Waals surface area contributed by atoms with Crippen molar-refractivity contribution in [1.29, 1.82) is 0 Å². The number of rotatable bonds is 6. The summed E-state index contributed by atoms with van der Waals surface area (Å²) in [5.41, 5.74) is 3.97. The first-order valence-corrected chi connectivity index (χ1v) is 8.39. The van der Waals surface area contributed by atoms with Gasteiger partial charge in [0.05, 0.1) is 11.9 Å². The van der Waals surface area contributed by atoms with Crippen LogP contribution in [0, 0.1) is 19.8 Å². The molecule has 2 heterocycles. The van der Waals surface area contributed by atoms with Gasteiger partial charge in [0.15, 0.2) is 5.82 Å². The summed E-state index contributed by atoms with van der Waals surface area (Å²) in [7, 11) is 0. The van der Waals surface area contributed by atoms with E-state index in [4.69, 9.17) is 10.8 Å². The number of thiophene rings is 1. The van der Waals surface area contributed by atoms with Crippen LogP contribution >= 0.6 is 11.3 Å². The van der Waals surface area contributed by atoms with Crippen molar-refractivity contribution in [2.75, 3.05) is 18.5 Å². The molecule has 0 amide bonds. The molecule has 0 atom stereocenters. The third-order valence-electron chi connectivity index (χ3n) is 4.24. The molecule has 1 aliphatic rings. The Morgan fingerprint density at radius 2 is 2.10 bits per heavy atom. The number of nitrogens with zero attached hydrogens (tertiary/aromatic N) is 3. The Bertz CT molecular complexity index is 647. The topological polar surface area (TPSA) is 67.1 Å².